The van der Waals surface area contributed by atoms with Gasteiger partial charge in [-0.25, -0.2) is 4.79 Å². The third kappa shape index (κ3) is 7.34. The van der Waals surface area contributed by atoms with Crippen molar-refractivity contribution in [1.82, 2.24) is 5.32 Å². The summed E-state index contributed by atoms with van der Waals surface area (Å²) in [6.45, 7) is 1.55. The van der Waals surface area contributed by atoms with E-state index in [0.29, 0.717) is 12.0 Å². The highest BCUT2D eigenvalue weighted by Crippen LogP contribution is 2.35. The van der Waals surface area contributed by atoms with E-state index in [1.54, 1.807) is 33.6 Å². The molecule has 0 aromatic carbocycles. The first-order valence-corrected chi connectivity index (χ1v) is 12.1. The lowest BCUT2D eigenvalue weighted by Crippen LogP contribution is -2.36. The molecule has 0 saturated heterocycles. The van der Waals surface area contributed by atoms with E-state index >= 15 is 0 Å². The monoisotopic (exact) mass is 439 g/mol. The Morgan fingerprint density at radius 3 is 2.79 bits per heavy atom. The molecular weight excluding hydrogens is 418 g/mol. The van der Waals surface area contributed by atoms with Gasteiger partial charge in [0.2, 0.25) is 0 Å². The van der Waals surface area contributed by atoms with E-state index in [0.717, 1.165) is 0 Å². The summed E-state index contributed by atoms with van der Waals surface area (Å²) in [7, 11) is 5.84. The van der Waals surface area contributed by atoms with Gasteiger partial charge in [0.1, 0.15) is 12.4 Å². The third-order valence-electron chi connectivity index (χ3n) is 3.49. The third-order valence-corrected chi connectivity index (χ3v) is 7.22. The predicted molar refractivity (Wildman–Crippen MR) is 116 cm³/mol. The Hall–Kier alpha value is -1.75. The Morgan fingerprint density at radius 1 is 1.43 bits per heavy atom. The fourth-order valence-corrected chi connectivity index (χ4v) is 4.73. The number of amides is 1. The van der Waals surface area contributed by atoms with Crippen molar-refractivity contribution in [3.8, 4) is 23.7 Å². The maximum absolute atomic E-state index is 11.7. The molecule has 0 fully saturated rings. The van der Waals surface area contributed by atoms with Crippen LogP contribution in [0.5, 0.6) is 0 Å². The summed E-state index contributed by atoms with van der Waals surface area (Å²) in [6, 6.07) is 0. The van der Waals surface area contributed by atoms with Crippen LogP contribution in [0.3, 0.4) is 0 Å². The number of alkyl carbamates (subject to hydrolysis) is 1. The van der Waals surface area contributed by atoms with Gasteiger partial charge in [-0.1, -0.05) is 51.3 Å². The van der Waals surface area contributed by atoms with E-state index in [2.05, 4.69) is 33.7 Å². The van der Waals surface area contributed by atoms with Gasteiger partial charge in [0.25, 0.3) is 0 Å². The Morgan fingerprint density at radius 2 is 2.14 bits per heavy atom. The van der Waals surface area contributed by atoms with Crippen molar-refractivity contribution in [1.29, 1.82) is 0 Å². The maximum atomic E-state index is 11.7. The molecule has 1 amide bonds. The van der Waals surface area contributed by atoms with Crippen LogP contribution in [0.2, 0.25) is 0 Å². The molecule has 28 heavy (non-hydrogen) atoms. The lowest BCUT2D eigenvalue weighted by Gasteiger charge is -2.28. The highest BCUT2D eigenvalue weighted by molar-refractivity contribution is 9.09. The van der Waals surface area contributed by atoms with E-state index in [1.807, 2.05) is 6.26 Å². The minimum atomic E-state index is -1.86. The largest absolute Gasteiger partial charge is 0.453 e. The van der Waals surface area contributed by atoms with Crippen molar-refractivity contribution < 1.29 is 24.5 Å². The molecule has 9 heteroatoms. The standard InChI is InChI=1S/C19H21NO5S3/c1-14(20-18(23)25-2)17-15(9-13-27-28-26-3)19(24,11-12-21)10-7-5-4-6-8-16(17)22/h4-5,9,12,16,22,24H,11,13H2,1-3H3,(H,20,23)/b5-4-,15-9-,17-14-/t16-,19-/m0/s1. The molecule has 0 spiro atoms. The molecule has 0 heterocycles. The van der Waals surface area contributed by atoms with E-state index in [9.17, 15) is 19.8 Å². The van der Waals surface area contributed by atoms with Gasteiger partial charge in [-0.05, 0) is 35.2 Å². The number of aliphatic hydroxyl groups is 2. The van der Waals surface area contributed by atoms with Crippen LogP contribution in [0, 0.1) is 23.7 Å². The SMILES string of the molecule is COC(=O)N/C(C)=C1/C(=C/CSSSC)[C@@](O)(CC=O)C#C/C=C\C#C[C@@H]1O. The maximum Gasteiger partial charge on any atom is 0.411 e. The van der Waals surface area contributed by atoms with Crippen LogP contribution < -0.4 is 5.32 Å². The number of allylic oxidation sites excluding steroid dienone is 3. The molecule has 150 valence electrons. The van der Waals surface area contributed by atoms with Gasteiger partial charge in [-0.2, -0.15) is 0 Å². The van der Waals surface area contributed by atoms with Gasteiger partial charge in [0, 0.05) is 29.0 Å². The zero-order valence-corrected chi connectivity index (χ0v) is 18.1. The second-order valence-corrected chi connectivity index (χ2v) is 9.70. The summed E-state index contributed by atoms with van der Waals surface area (Å²) in [5, 5.41) is 24.3. The Labute approximate surface area is 176 Å². The van der Waals surface area contributed by atoms with Crippen LogP contribution in [0.4, 0.5) is 4.79 Å². The Kier molecular flexibility index (Phi) is 11.0. The summed E-state index contributed by atoms with van der Waals surface area (Å²) in [5.74, 6) is 11.1. The average molecular weight is 440 g/mol. The Balaban J connectivity index is 3.64. The second-order valence-electron chi connectivity index (χ2n) is 5.32. The van der Waals surface area contributed by atoms with E-state index < -0.39 is 17.8 Å². The van der Waals surface area contributed by atoms with Gasteiger partial charge >= 0.3 is 6.09 Å². The number of aliphatic hydroxyl groups excluding tert-OH is 1. The molecule has 0 aromatic rings. The lowest BCUT2D eigenvalue weighted by atomic mass is 9.82. The molecule has 0 aliphatic heterocycles. The number of carbonyl (C=O) groups is 2. The first-order chi connectivity index (χ1) is 13.4. The molecule has 0 aromatic heterocycles. The van der Waals surface area contributed by atoms with Crippen LogP contribution in [0.1, 0.15) is 13.3 Å². The number of nitrogens with one attached hydrogen (secondary N) is 1. The summed E-state index contributed by atoms with van der Waals surface area (Å²) in [6.07, 6.45) is 4.65. The number of aldehydes is 1. The van der Waals surface area contributed by atoms with Crippen LogP contribution in [0.15, 0.2) is 35.1 Å². The van der Waals surface area contributed by atoms with Crippen molar-refractivity contribution in [2.75, 3.05) is 19.1 Å². The highest BCUT2D eigenvalue weighted by Gasteiger charge is 2.35. The minimum Gasteiger partial charge on any atom is -0.453 e. The zero-order valence-electron chi connectivity index (χ0n) is 15.6. The molecule has 1 rings (SSSR count). The fraction of sp³-hybridized carbons (Fsp3) is 0.368. The molecule has 1 aliphatic rings. The molecule has 3 N–H and O–H groups in total. The summed E-state index contributed by atoms with van der Waals surface area (Å²) in [4.78, 5) is 22.9. The average Bonchev–Trinajstić information content (AvgIpc) is 2.66. The van der Waals surface area contributed by atoms with Crippen LogP contribution >= 0.6 is 31.4 Å². The molecule has 0 unspecified atom stereocenters. The van der Waals surface area contributed by atoms with E-state index in [4.69, 9.17) is 0 Å². The minimum absolute atomic E-state index is 0.168. The van der Waals surface area contributed by atoms with Gasteiger partial charge < -0.3 is 19.7 Å². The van der Waals surface area contributed by atoms with Crippen molar-refractivity contribution >= 4 is 43.8 Å². The van der Waals surface area contributed by atoms with Gasteiger partial charge in [-0.3, -0.25) is 5.32 Å². The lowest BCUT2D eigenvalue weighted by molar-refractivity contribution is -0.110. The number of rotatable bonds is 7. The van der Waals surface area contributed by atoms with Crippen molar-refractivity contribution in [3.63, 3.8) is 0 Å². The molecule has 2 atom stereocenters. The molecular formula is C19H21NO5S3. The van der Waals surface area contributed by atoms with Crippen molar-refractivity contribution in [2.45, 2.75) is 25.0 Å². The molecule has 0 saturated carbocycles. The molecule has 0 radical (unpaired) electrons. The molecule has 0 bridgehead atoms. The normalized spacial score (nSPS) is 25.5. The number of hydrogen-bond donors (Lipinski definition) is 3. The van der Waals surface area contributed by atoms with Crippen LogP contribution in [0.25, 0.3) is 0 Å². The number of hydrogen-bond acceptors (Lipinski definition) is 8. The van der Waals surface area contributed by atoms with Gasteiger partial charge in [-0.15, -0.1) is 0 Å². The van der Waals surface area contributed by atoms with E-state index in [-0.39, 0.29) is 23.3 Å². The number of methoxy groups -OCH3 is 1. The second kappa shape index (κ2) is 12.7. The van der Waals surface area contributed by atoms with Gasteiger partial charge in [0.15, 0.2) is 5.60 Å². The summed E-state index contributed by atoms with van der Waals surface area (Å²) in [5.41, 5.74) is -1.24. The van der Waals surface area contributed by atoms with Crippen molar-refractivity contribution in [2.24, 2.45) is 0 Å². The van der Waals surface area contributed by atoms with E-state index in [1.165, 1.54) is 30.1 Å². The Bertz CT molecular complexity index is 798. The zero-order chi connectivity index (χ0) is 21.0. The first kappa shape index (κ1) is 24.3. The van der Waals surface area contributed by atoms with Crippen molar-refractivity contribution in [3.05, 3.63) is 35.1 Å². The van der Waals surface area contributed by atoms with Crippen LogP contribution in [-0.2, 0) is 9.53 Å². The summed E-state index contributed by atoms with van der Waals surface area (Å²) < 4.78 is 4.61. The number of carbonyl (C=O) groups excluding carboxylic acids is 2. The smallest absolute Gasteiger partial charge is 0.411 e. The highest BCUT2D eigenvalue weighted by atomic mass is 33.5. The predicted octanol–water partition coefficient (Wildman–Crippen LogP) is 2.46. The molecule has 6 nitrogen and oxygen atoms in total. The van der Waals surface area contributed by atoms with Crippen LogP contribution in [-0.4, -0.2) is 53.4 Å². The number of ether oxygens (including phenoxy) is 1. The topological polar surface area (TPSA) is 95.9 Å². The first-order valence-electron chi connectivity index (χ1n) is 8.01. The summed E-state index contributed by atoms with van der Waals surface area (Å²) >= 11 is 0. The molecule has 1 aliphatic carbocycles. The fourth-order valence-electron chi connectivity index (χ4n) is 2.31. The van der Waals surface area contributed by atoms with Gasteiger partial charge in [0.05, 0.1) is 7.11 Å². The quantitative estimate of drug-likeness (QED) is 0.241.